The lowest BCUT2D eigenvalue weighted by Gasteiger charge is -2.28. The SMILES string of the molecule is CNC(=O)COc1cc(CN(C(=O)C2=C(c3cccc(-c4ccccc4)c3)CCNC2)C2CC2)cc(OC)c1. The molecule has 0 saturated heterocycles. The number of benzene rings is 3. The van der Waals surface area contributed by atoms with Crippen LogP contribution in [0.15, 0.2) is 78.4 Å². The van der Waals surface area contributed by atoms with Crippen LogP contribution in [0.1, 0.15) is 30.4 Å². The first-order valence-electron chi connectivity index (χ1n) is 13.5. The first-order valence-corrected chi connectivity index (χ1v) is 13.5. The summed E-state index contributed by atoms with van der Waals surface area (Å²) in [6.45, 7) is 1.74. The number of nitrogens with one attached hydrogen (secondary N) is 2. The molecule has 3 aromatic rings. The quantitative estimate of drug-likeness (QED) is 0.410. The van der Waals surface area contributed by atoms with Crippen LogP contribution in [0.25, 0.3) is 16.7 Å². The summed E-state index contributed by atoms with van der Waals surface area (Å²) in [5, 5.41) is 5.97. The summed E-state index contributed by atoms with van der Waals surface area (Å²) in [4.78, 5) is 27.8. The average molecular weight is 526 g/mol. The van der Waals surface area contributed by atoms with E-state index in [0.29, 0.717) is 24.6 Å². The second kappa shape index (κ2) is 12.2. The third-order valence-corrected chi connectivity index (χ3v) is 7.22. The number of hydrogen-bond donors (Lipinski definition) is 2. The summed E-state index contributed by atoms with van der Waals surface area (Å²) in [5.41, 5.74) is 6.25. The summed E-state index contributed by atoms with van der Waals surface area (Å²) in [6, 6.07) is 24.6. The van der Waals surface area contributed by atoms with Crippen molar-refractivity contribution in [2.75, 3.05) is 33.9 Å². The molecule has 3 aromatic carbocycles. The lowest BCUT2D eigenvalue weighted by molar-refractivity contribution is -0.128. The van der Waals surface area contributed by atoms with E-state index in [9.17, 15) is 9.59 Å². The minimum Gasteiger partial charge on any atom is -0.497 e. The Kier molecular flexibility index (Phi) is 8.27. The number of carbonyl (C=O) groups excluding carboxylic acids is 2. The van der Waals surface area contributed by atoms with Gasteiger partial charge in [-0.3, -0.25) is 9.59 Å². The molecule has 2 amide bonds. The highest BCUT2D eigenvalue weighted by Gasteiger charge is 2.35. The number of methoxy groups -OCH3 is 1. The molecule has 7 heteroatoms. The van der Waals surface area contributed by atoms with Crippen LogP contribution in [0.4, 0.5) is 0 Å². The van der Waals surface area contributed by atoms with Gasteiger partial charge in [-0.2, -0.15) is 0 Å². The molecule has 39 heavy (non-hydrogen) atoms. The maximum atomic E-state index is 14.1. The fraction of sp³-hybridized carbons (Fsp3) is 0.312. The third-order valence-electron chi connectivity index (χ3n) is 7.22. The van der Waals surface area contributed by atoms with Crippen LogP contribution in [0.3, 0.4) is 0 Å². The minimum atomic E-state index is -0.213. The van der Waals surface area contributed by atoms with Gasteiger partial charge in [-0.15, -0.1) is 0 Å². The minimum absolute atomic E-state index is 0.0699. The van der Waals surface area contributed by atoms with Gasteiger partial charge in [-0.05, 0) is 71.8 Å². The van der Waals surface area contributed by atoms with Crippen LogP contribution in [-0.2, 0) is 16.1 Å². The van der Waals surface area contributed by atoms with Crippen molar-refractivity contribution in [3.05, 3.63) is 89.5 Å². The van der Waals surface area contributed by atoms with E-state index in [1.54, 1.807) is 20.2 Å². The van der Waals surface area contributed by atoms with Crippen molar-refractivity contribution in [3.63, 3.8) is 0 Å². The molecule has 0 aromatic heterocycles. The number of rotatable bonds is 10. The zero-order chi connectivity index (χ0) is 27.2. The third kappa shape index (κ3) is 6.49. The molecule has 1 heterocycles. The predicted molar refractivity (Wildman–Crippen MR) is 152 cm³/mol. The number of nitrogens with zero attached hydrogens (tertiary/aromatic N) is 1. The van der Waals surface area contributed by atoms with Crippen molar-refractivity contribution in [1.29, 1.82) is 0 Å². The lowest BCUT2D eigenvalue weighted by Crippen LogP contribution is -2.39. The molecular weight excluding hydrogens is 490 g/mol. The van der Waals surface area contributed by atoms with E-state index in [4.69, 9.17) is 9.47 Å². The monoisotopic (exact) mass is 525 g/mol. The van der Waals surface area contributed by atoms with E-state index < -0.39 is 0 Å². The second-order valence-electron chi connectivity index (χ2n) is 9.97. The molecule has 0 radical (unpaired) electrons. The van der Waals surface area contributed by atoms with Gasteiger partial charge in [0.2, 0.25) is 0 Å². The topological polar surface area (TPSA) is 79.9 Å². The molecule has 1 fully saturated rings. The van der Waals surface area contributed by atoms with Gasteiger partial charge in [-0.1, -0.05) is 48.5 Å². The molecule has 2 N–H and O–H groups in total. The van der Waals surface area contributed by atoms with Gasteiger partial charge in [0.15, 0.2) is 6.61 Å². The van der Waals surface area contributed by atoms with Gasteiger partial charge in [0.05, 0.1) is 7.11 Å². The van der Waals surface area contributed by atoms with Gasteiger partial charge < -0.3 is 25.0 Å². The Bertz CT molecular complexity index is 1360. The van der Waals surface area contributed by atoms with Gasteiger partial charge in [0.25, 0.3) is 11.8 Å². The van der Waals surface area contributed by atoms with Crippen molar-refractivity contribution < 1.29 is 19.1 Å². The van der Waals surface area contributed by atoms with Crippen molar-refractivity contribution >= 4 is 17.4 Å². The summed E-state index contributed by atoms with van der Waals surface area (Å²) in [6.07, 6.45) is 2.79. The largest absolute Gasteiger partial charge is 0.497 e. The fourth-order valence-corrected chi connectivity index (χ4v) is 4.99. The molecular formula is C32H35N3O4. The van der Waals surface area contributed by atoms with E-state index in [1.807, 2.05) is 35.2 Å². The van der Waals surface area contributed by atoms with Gasteiger partial charge in [-0.25, -0.2) is 0 Å². The van der Waals surface area contributed by atoms with Gasteiger partial charge in [0, 0.05) is 37.8 Å². The number of hydrogen-bond acceptors (Lipinski definition) is 5. The Morgan fingerprint density at radius 1 is 0.949 bits per heavy atom. The second-order valence-corrected chi connectivity index (χ2v) is 9.97. The number of carbonyl (C=O) groups is 2. The molecule has 2 aliphatic rings. The maximum Gasteiger partial charge on any atom is 0.257 e. The molecule has 0 atom stereocenters. The van der Waals surface area contributed by atoms with Crippen LogP contribution in [0.2, 0.25) is 0 Å². The highest BCUT2D eigenvalue weighted by molar-refractivity contribution is 6.02. The fourth-order valence-electron chi connectivity index (χ4n) is 4.99. The summed E-state index contributed by atoms with van der Waals surface area (Å²) in [7, 11) is 3.17. The van der Waals surface area contributed by atoms with Crippen LogP contribution in [0.5, 0.6) is 11.5 Å². The standard InChI is InChI=1S/C32H35N3O4/c1-33-31(36)21-39-28-16-22(15-27(18-28)38-2)20-35(26-11-12-26)32(37)30-19-34-14-13-29(30)25-10-6-9-24(17-25)23-7-4-3-5-8-23/h3-10,15-18,26,34H,11-14,19-21H2,1-2H3,(H,33,36). The molecule has 7 nitrogen and oxygen atoms in total. The zero-order valence-corrected chi connectivity index (χ0v) is 22.5. The molecule has 0 spiro atoms. The van der Waals surface area contributed by atoms with Crippen LogP contribution >= 0.6 is 0 Å². The van der Waals surface area contributed by atoms with Crippen LogP contribution in [-0.4, -0.2) is 56.6 Å². The highest BCUT2D eigenvalue weighted by atomic mass is 16.5. The Balaban J connectivity index is 1.43. The number of amides is 2. The average Bonchev–Trinajstić information content (AvgIpc) is 3.84. The predicted octanol–water partition coefficient (Wildman–Crippen LogP) is 4.43. The van der Waals surface area contributed by atoms with Crippen molar-refractivity contribution in [1.82, 2.24) is 15.5 Å². The molecule has 5 rings (SSSR count). The first kappa shape index (κ1) is 26.5. The van der Waals surface area contributed by atoms with E-state index in [-0.39, 0.29) is 24.5 Å². The smallest absolute Gasteiger partial charge is 0.257 e. The summed E-state index contributed by atoms with van der Waals surface area (Å²) < 4.78 is 11.2. The van der Waals surface area contributed by atoms with Crippen molar-refractivity contribution in [2.24, 2.45) is 0 Å². The van der Waals surface area contributed by atoms with Crippen LogP contribution < -0.4 is 20.1 Å². The first-order chi connectivity index (χ1) is 19.1. The Hall–Kier alpha value is -4.10. The molecule has 0 unspecified atom stereocenters. The van der Waals surface area contributed by atoms with Crippen molar-refractivity contribution in [3.8, 4) is 22.6 Å². The normalized spacial score (nSPS) is 15.0. The Labute approximate surface area is 229 Å². The molecule has 1 aliphatic heterocycles. The van der Waals surface area contributed by atoms with E-state index in [1.165, 1.54) is 0 Å². The number of likely N-dealkylation sites (N-methyl/N-ethyl adjacent to an activating group) is 1. The Morgan fingerprint density at radius 2 is 1.69 bits per heavy atom. The van der Waals surface area contributed by atoms with Crippen molar-refractivity contribution in [2.45, 2.75) is 31.8 Å². The van der Waals surface area contributed by atoms with E-state index in [2.05, 4.69) is 47.0 Å². The van der Waals surface area contributed by atoms with E-state index in [0.717, 1.165) is 59.2 Å². The molecule has 1 saturated carbocycles. The number of ether oxygens (including phenoxy) is 2. The summed E-state index contributed by atoms with van der Waals surface area (Å²) in [5.74, 6) is 1.02. The van der Waals surface area contributed by atoms with Gasteiger partial charge >= 0.3 is 0 Å². The van der Waals surface area contributed by atoms with E-state index >= 15 is 0 Å². The zero-order valence-electron chi connectivity index (χ0n) is 22.5. The summed E-state index contributed by atoms with van der Waals surface area (Å²) >= 11 is 0. The maximum absolute atomic E-state index is 14.1. The lowest BCUT2D eigenvalue weighted by atomic mass is 9.91. The Morgan fingerprint density at radius 3 is 2.44 bits per heavy atom. The molecule has 0 bridgehead atoms. The molecule has 202 valence electrons. The molecule has 1 aliphatic carbocycles. The van der Waals surface area contributed by atoms with Gasteiger partial charge in [0.1, 0.15) is 11.5 Å². The highest BCUT2D eigenvalue weighted by Crippen LogP contribution is 2.35. The van der Waals surface area contributed by atoms with Crippen LogP contribution in [0, 0.1) is 0 Å².